The smallest absolute Gasteiger partial charge is 0.269 e. The predicted molar refractivity (Wildman–Crippen MR) is 161 cm³/mol. The standard InChI is InChI=1S/C19H28N4O2.C9H12OS.CH5N/c1-15(21-20-2)19(24)22(3)13-16-5-7-17(8-6-16)14-23-11-9-18(25-4)10-12-23;1-6-4-8(10-3)5-7(2)9(6)11;1-2/h5-8,18H,2,9-14H2,1,3-4H3;4-5,11H,1-3H3;2H2,1H3/b21-15+;;. The Labute approximate surface area is 234 Å². The van der Waals surface area contributed by atoms with Gasteiger partial charge in [0.2, 0.25) is 0 Å². The van der Waals surface area contributed by atoms with E-state index in [2.05, 4.69) is 64.4 Å². The van der Waals surface area contributed by atoms with Gasteiger partial charge in [0.15, 0.2) is 0 Å². The van der Waals surface area contributed by atoms with E-state index in [0.29, 0.717) is 18.4 Å². The minimum atomic E-state index is -0.141. The van der Waals surface area contributed by atoms with E-state index < -0.39 is 0 Å². The number of amides is 1. The predicted octanol–water partition coefficient (Wildman–Crippen LogP) is 4.51. The molecule has 38 heavy (non-hydrogen) atoms. The van der Waals surface area contributed by atoms with Crippen LogP contribution in [0.5, 0.6) is 5.75 Å². The molecule has 3 rings (SSSR count). The second-order valence-electron chi connectivity index (χ2n) is 9.13. The molecular weight excluding hydrogens is 498 g/mol. The normalized spacial score (nSPS) is 14.0. The summed E-state index contributed by atoms with van der Waals surface area (Å²) in [6.45, 7) is 12.6. The van der Waals surface area contributed by atoms with Crippen molar-refractivity contribution in [1.82, 2.24) is 9.80 Å². The van der Waals surface area contributed by atoms with Gasteiger partial charge in [-0.1, -0.05) is 24.3 Å². The molecule has 1 heterocycles. The number of hydrogen-bond donors (Lipinski definition) is 2. The lowest BCUT2D eigenvalue weighted by Gasteiger charge is -2.31. The molecule has 1 saturated heterocycles. The molecule has 0 unspecified atom stereocenters. The average Bonchev–Trinajstić information content (AvgIpc) is 2.94. The van der Waals surface area contributed by atoms with Gasteiger partial charge in [0.1, 0.15) is 11.5 Å². The molecule has 2 N–H and O–H groups in total. The molecule has 2 aromatic rings. The van der Waals surface area contributed by atoms with Gasteiger partial charge in [-0.2, -0.15) is 10.2 Å². The first-order valence-electron chi connectivity index (χ1n) is 12.7. The zero-order chi connectivity index (χ0) is 28.7. The molecule has 2 aromatic carbocycles. The summed E-state index contributed by atoms with van der Waals surface area (Å²) in [5, 5.41) is 7.10. The molecule has 0 bridgehead atoms. The molecule has 1 fully saturated rings. The summed E-state index contributed by atoms with van der Waals surface area (Å²) in [4.78, 5) is 17.2. The zero-order valence-corrected chi connectivity index (χ0v) is 24.9. The van der Waals surface area contributed by atoms with E-state index in [1.807, 2.05) is 26.0 Å². The number of nitrogens with zero attached hydrogens (tertiary/aromatic N) is 4. The van der Waals surface area contributed by atoms with Crippen LogP contribution in [-0.2, 0) is 22.6 Å². The van der Waals surface area contributed by atoms with Crippen molar-refractivity contribution in [1.29, 1.82) is 0 Å². The molecule has 8 nitrogen and oxygen atoms in total. The first-order valence-corrected chi connectivity index (χ1v) is 13.1. The van der Waals surface area contributed by atoms with Crippen molar-refractivity contribution < 1.29 is 14.3 Å². The van der Waals surface area contributed by atoms with Crippen LogP contribution in [0.3, 0.4) is 0 Å². The van der Waals surface area contributed by atoms with Crippen molar-refractivity contribution in [2.24, 2.45) is 15.9 Å². The third kappa shape index (κ3) is 10.9. The van der Waals surface area contributed by atoms with E-state index in [1.165, 1.54) is 12.6 Å². The SMILES string of the molecule is C=N/N=C(\C)C(=O)N(C)Cc1ccc(CN2CCC(OC)CC2)cc1.CN.COc1cc(C)c(S)c(C)c1. The van der Waals surface area contributed by atoms with Crippen LogP contribution in [0.2, 0.25) is 0 Å². The lowest BCUT2D eigenvalue weighted by atomic mass is 10.1. The average molecular weight is 544 g/mol. The number of thiol groups is 1. The van der Waals surface area contributed by atoms with Gasteiger partial charge in [-0.3, -0.25) is 9.69 Å². The van der Waals surface area contributed by atoms with Crippen molar-refractivity contribution in [3.8, 4) is 5.75 Å². The molecular formula is C29H45N5O3S. The second-order valence-corrected chi connectivity index (χ2v) is 9.57. The van der Waals surface area contributed by atoms with Crippen LogP contribution in [0.4, 0.5) is 0 Å². The number of likely N-dealkylation sites (tertiary alicyclic amines) is 1. The van der Waals surface area contributed by atoms with Crippen molar-refractivity contribution >= 4 is 31.0 Å². The summed E-state index contributed by atoms with van der Waals surface area (Å²) in [5.41, 5.74) is 9.54. The summed E-state index contributed by atoms with van der Waals surface area (Å²) in [6, 6.07) is 12.4. The Morgan fingerprint density at radius 2 is 1.63 bits per heavy atom. The van der Waals surface area contributed by atoms with Crippen LogP contribution in [-0.4, -0.2) is 75.6 Å². The number of piperidine rings is 1. The van der Waals surface area contributed by atoms with Crippen molar-refractivity contribution in [3.05, 3.63) is 58.7 Å². The van der Waals surface area contributed by atoms with E-state index in [9.17, 15) is 4.79 Å². The quantitative estimate of drug-likeness (QED) is 0.290. The Hall–Kier alpha value is -2.72. The Morgan fingerprint density at radius 3 is 2.11 bits per heavy atom. The Kier molecular flexibility index (Phi) is 15.5. The molecule has 210 valence electrons. The lowest BCUT2D eigenvalue weighted by molar-refractivity contribution is -0.123. The van der Waals surface area contributed by atoms with Gasteiger partial charge in [0, 0.05) is 51.9 Å². The van der Waals surface area contributed by atoms with Gasteiger partial charge in [0.05, 0.1) is 13.2 Å². The molecule has 0 atom stereocenters. The van der Waals surface area contributed by atoms with Gasteiger partial charge in [-0.05, 0) is 75.0 Å². The zero-order valence-electron chi connectivity index (χ0n) is 24.0. The van der Waals surface area contributed by atoms with E-state index in [0.717, 1.165) is 59.8 Å². The summed E-state index contributed by atoms with van der Waals surface area (Å²) in [5.74, 6) is 0.760. The molecule has 1 aliphatic heterocycles. The van der Waals surface area contributed by atoms with Crippen LogP contribution in [0.15, 0.2) is 51.5 Å². The Morgan fingerprint density at radius 1 is 1.11 bits per heavy atom. The van der Waals surface area contributed by atoms with Gasteiger partial charge in [0.25, 0.3) is 5.91 Å². The number of benzene rings is 2. The number of rotatable bonds is 8. The largest absolute Gasteiger partial charge is 0.497 e. The number of carbonyl (C=O) groups excluding carboxylic acids is 1. The maximum atomic E-state index is 12.1. The fourth-order valence-corrected chi connectivity index (χ4v) is 4.25. The Balaban J connectivity index is 0.000000463. The number of methoxy groups -OCH3 is 2. The minimum absolute atomic E-state index is 0.141. The van der Waals surface area contributed by atoms with Crippen molar-refractivity contribution in [3.63, 3.8) is 0 Å². The third-order valence-corrected chi connectivity index (χ3v) is 7.00. The number of aryl methyl sites for hydroxylation is 2. The van der Waals surface area contributed by atoms with E-state index in [-0.39, 0.29) is 5.91 Å². The number of hydrogen-bond acceptors (Lipinski definition) is 8. The molecule has 0 saturated carbocycles. The van der Waals surface area contributed by atoms with Crippen LogP contribution in [0.1, 0.15) is 42.0 Å². The monoisotopic (exact) mass is 543 g/mol. The highest BCUT2D eigenvalue weighted by Gasteiger charge is 2.18. The van der Waals surface area contributed by atoms with E-state index >= 15 is 0 Å². The third-order valence-electron chi connectivity index (χ3n) is 6.29. The molecule has 0 radical (unpaired) electrons. The van der Waals surface area contributed by atoms with Gasteiger partial charge in [-0.15, -0.1) is 12.6 Å². The highest BCUT2D eigenvalue weighted by atomic mass is 32.1. The maximum Gasteiger partial charge on any atom is 0.269 e. The summed E-state index contributed by atoms with van der Waals surface area (Å²) in [7, 11) is 6.73. The van der Waals surface area contributed by atoms with Gasteiger partial charge < -0.3 is 20.1 Å². The molecule has 1 amide bonds. The van der Waals surface area contributed by atoms with Crippen LogP contribution in [0, 0.1) is 13.8 Å². The number of ether oxygens (including phenoxy) is 2. The van der Waals surface area contributed by atoms with E-state index in [1.54, 1.807) is 33.1 Å². The number of carbonyl (C=O) groups is 1. The molecule has 9 heteroatoms. The molecule has 0 spiro atoms. The lowest BCUT2D eigenvalue weighted by Crippen LogP contribution is -2.36. The van der Waals surface area contributed by atoms with Crippen LogP contribution >= 0.6 is 12.6 Å². The van der Waals surface area contributed by atoms with Gasteiger partial charge >= 0.3 is 0 Å². The second kappa shape index (κ2) is 17.7. The van der Waals surface area contributed by atoms with Crippen LogP contribution in [0.25, 0.3) is 0 Å². The van der Waals surface area contributed by atoms with E-state index in [4.69, 9.17) is 9.47 Å². The molecule has 1 aliphatic rings. The first-order chi connectivity index (χ1) is 18.2. The van der Waals surface area contributed by atoms with Crippen molar-refractivity contribution in [2.75, 3.05) is 41.4 Å². The highest BCUT2D eigenvalue weighted by molar-refractivity contribution is 7.80. The fourth-order valence-electron chi connectivity index (χ4n) is 4.12. The molecule has 0 aromatic heterocycles. The summed E-state index contributed by atoms with van der Waals surface area (Å²) in [6.07, 6.45) is 2.61. The molecule has 0 aliphatic carbocycles. The first kappa shape index (κ1) is 33.3. The highest BCUT2D eigenvalue weighted by Crippen LogP contribution is 2.24. The van der Waals surface area contributed by atoms with Crippen molar-refractivity contribution in [2.45, 2.75) is 57.7 Å². The van der Waals surface area contributed by atoms with Gasteiger partial charge in [-0.25, -0.2) is 0 Å². The maximum absolute atomic E-state index is 12.1. The summed E-state index contributed by atoms with van der Waals surface area (Å²) < 4.78 is 10.5. The Bertz CT molecular complexity index is 1010. The fraction of sp³-hybridized carbons (Fsp3) is 0.483. The van der Waals surface area contributed by atoms with Crippen LogP contribution < -0.4 is 10.5 Å². The number of nitrogens with two attached hydrogens (primary N) is 1. The topological polar surface area (TPSA) is 92.8 Å². The summed E-state index contributed by atoms with van der Waals surface area (Å²) >= 11 is 4.34. The minimum Gasteiger partial charge on any atom is -0.497 e.